The zero-order chi connectivity index (χ0) is 40.3. The third kappa shape index (κ3) is 8.02. The van der Waals surface area contributed by atoms with Crippen molar-refractivity contribution in [2.75, 3.05) is 11.9 Å². The van der Waals surface area contributed by atoms with Crippen LogP contribution >= 0.6 is 11.3 Å². The average Bonchev–Trinajstić information content (AvgIpc) is 4.06. The lowest BCUT2D eigenvalue weighted by atomic mass is 9.85. The number of nitrogens with zero attached hydrogens (tertiary/aromatic N) is 4. The molecule has 2 N–H and O–H groups in total. The van der Waals surface area contributed by atoms with E-state index < -0.39 is 80.7 Å². The van der Waals surface area contributed by atoms with Crippen molar-refractivity contribution in [3.8, 4) is 17.1 Å². The Morgan fingerprint density at radius 2 is 1.84 bits per heavy atom. The lowest BCUT2D eigenvalue weighted by Gasteiger charge is -2.35. The topological polar surface area (TPSA) is 161 Å². The predicted molar refractivity (Wildman–Crippen MR) is 212 cm³/mol. The number of sulfonamides is 1. The number of para-hydroxylation sites is 2. The monoisotopic (exact) mass is 818 g/mol. The predicted octanol–water partition coefficient (Wildman–Crippen LogP) is 6.43. The molecule has 2 amide bonds. The summed E-state index contributed by atoms with van der Waals surface area (Å²) >= 11 is 1.37. The summed E-state index contributed by atoms with van der Waals surface area (Å²) in [6.07, 6.45) is 1.43. The number of carbonyl (C=O) groups is 3. The van der Waals surface area contributed by atoms with Crippen molar-refractivity contribution in [1.29, 1.82) is 0 Å². The van der Waals surface area contributed by atoms with Gasteiger partial charge in [-0.05, 0) is 61.3 Å². The van der Waals surface area contributed by atoms with E-state index in [9.17, 15) is 31.6 Å². The number of benzene rings is 2. The molecule has 12 nitrogen and oxygen atoms in total. The minimum Gasteiger partial charge on any atom is -0.471 e. The smallest absolute Gasteiger partial charge is 0.246 e. The molecule has 1 saturated heterocycles. The molecule has 6 bridgehead atoms. The van der Waals surface area contributed by atoms with E-state index in [-0.39, 0.29) is 25.3 Å². The van der Waals surface area contributed by atoms with Gasteiger partial charge in [-0.1, -0.05) is 63.3 Å². The number of aromatic nitrogens is 3. The Morgan fingerprint density at radius 3 is 2.54 bits per heavy atom. The van der Waals surface area contributed by atoms with E-state index in [1.165, 1.54) is 16.2 Å². The number of halogens is 2. The Labute approximate surface area is 333 Å². The fourth-order valence-corrected chi connectivity index (χ4v) is 10.00. The number of aryl methyl sites for hydroxylation is 1. The van der Waals surface area contributed by atoms with Crippen LogP contribution in [0.2, 0.25) is 0 Å². The maximum Gasteiger partial charge on any atom is 0.246 e. The third-order valence-electron chi connectivity index (χ3n) is 11.3. The lowest BCUT2D eigenvalue weighted by molar-refractivity contribution is -0.141. The number of hydrogen-bond donors (Lipinski definition) is 2. The number of anilines is 1. The second-order valence-electron chi connectivity index (χ2n) is 16.6. The molecule has 57 heavy (non-hydrogen) atoms. The maximum atomic E-state index is 14.8. The number of Topliss-reactive ketones (excluding diaryl/α,β-unsaturated/α-hetero) is 1. The first-order valence-electron chi connectivity index (χ1n) is 19.2. The molecule has 2 saturated carbocycles. The van der Waals surface area contributed by atoms with Gasteiger partial charge in [0.25, 0.3) is 0 Å². The highest BCUT2D eigenvalue weighted by molar-refractivity contribution is 7.90. The van der Waals surface area contributed by atoms with Gasteiger partial charge in [0.2, 0.25) is 34.1 Å². The number of nitrogens with one attached hydrogen (secondary N) is 2. The largest absolute Gasteiger partial charge is 0.471 e. The molecule has 2 aromatic carbocycles. The maximum absolute atomic E-state index is 14.8. The fourth-order valence-electron chi connectivity index (χ4n) is 7.84. The molecule has 300 valence electrons. The number of thiazole rings is 1. The minimum absolute atomic E-state index is 0.0308. The molecule has 8 rings (SSSR count). The molecule has 3 fully saturated rings. The molecule has 0 spiro atoms. The Bertz CT molecular complexity index is 2380. The summed E-state index contributed by atoms with van der Waals surface area (Å²) in [5, 5.41) is 5.03. The van der Waals surface area contributed by atoms with Gasteiger partial charge in [-0.2, -0.15) is 0 Å². The van der Waals surface area contributed by atoms with Crippen molar-refractivity contribution >= 4 is 61.2 Å². The molecule has 2 aromatic heterocycles. The normalized spacial score (nSPS) is 25.7. The van der Waals surface area contributed by atoms with Crippen molar-refractivity contribution in [1.82, 2.24) is 24.6 Å². The molecule has 5 atom stereocenters. The van der Waals surface area contributed by atoms with Crippen molar-refractivity contribution in [3.05, 3.63) is 71.2 Å². The Balaban J connectivity index is 1.18. The van der Waals surface area contributed by atoms with Crippen LogP contribution in [0.3, 0.4) is 0 Å². The van der Waals surface area contributed by atoms with Crippen LogP contribution in [0.25, 0.3) is 28.4 Å². The van der Waals surface area contributed by atoms with Crippen LogP contribution in [0.5, 0.6) is 5.88 Å². The molecule has 4 aliphatic rings. The highest BCUT2D eigenvalue weighted by atomic mass is 32.2. The number of ether oxygens (including phenoxy) is 1. The summed E-state index contributed by atoms with van der Waals surface area (Å²) in [5.74, 6) is -3.48. The highest BCUT2D eigenvalue weighted by Gasteiger charge is 2.66. The molecular formula is C41H44F2N6O6S2. The molecule has 0 radical (unpaired) electrons. The van der Waals surface area contributed by atoms with Gasteiger partial charge in [0.1, 0.15) is 17.8 Å². The zero-order valence-electron chi connectivity index (χ0n) is 31.8. The average molecular weight is 819 g/mol. The van der Waals surface area contributed by atoms with Gasteiger partial charge < -0.3 is 15.0 Å². The lowest BCUT2D eigenvalue weighted by Crippen LogP contribution is -2.53. The van der Waals surface area contributed by atoms with Gasteiger partial charge in [0.15, 0.2) is 10.9 Å². The van der Waals surface area contributed by atoms with Crippen LogP contribution in [0.4, 0.5) is 13.9 Å². The summed E-state index contributed by atoms with van der Waals surface area (Å²) in [4.78, 5) is 58.9. The first-order valence-corrected chi connectivity index (χ1v) is 21.6. The summed E-state index contributed by atoms with van der Waals surface area (Å²) < 4.78 is 62.7. The number of amides is 2. The van der Waals surface area contributed by atoms with E-state index >= 15 is 0 Å². The number of ketones is 1. The number of fused-ring (bicyclic) bond motifs is 9. The van der Waals surface area contributed by atoms with Gasteiger partial charge in [0, 0.05) is 29.7 Å². The van der Waals surface area contributed by atoms with E-state index in [2.05, 4.69) is 11.4 Å². The van der Waals surface area contributed by atoms with E-state index in [0.717, 1.165) is 23.2 Å². The van der Waals surface area contributed by atoms with Gasteiger partial charge in [0.05, 0.1) is 40.0 Å². The number of hydrogen-bond acceptors (Lipinski definition) is 11. The second kappa shape index (κ2) is 14.8. The Hall–Kier alpha value is -4.83. The standard InChI is InChI=1S/C41H44F2N6O6S2/c1-40(2,3)34-37(51)49-21-26(18-31(49)32(50)20-41(19-28(41)35(42)43)38(52)48-57(53,54)27-15-16-27)55-36-33(45-29-13-6-7-14-30(29)46-36)24-11-8-10-23(17-24)9-4-5-12-25-22-56-39(44-25)47-34/h4,6-11,13-14,17,22,26-28,31,34-35H,5,12,15-16,18-21H2,1-3H3,(H,44,47)(H,48,52)/b9-4+/t26-,28+,31+,34-,41-/m1/s1. The van der Waals surface area contributed by atoms with Crippen molar-refractivity contribution in [3.63, 3.8) is 0 Å². The first kappa shape index (κ1) is 39.0. The van der Waals surface area contributed by atoms with Crippen LogP contribution < -0.4 is 14.8 Å². The minimum atomic E-state index is -4.07. The number of carbonyl (C=O) groups excluding carboxylic acids is 3. The first-order chi connectivity index (χ1) is 27.1. The second-order valence-corrected chi connectivity index (χ2v) is 19.4. The molecular weight excluding hydrogens is 775 g/mol. The summed E-state index contributed by atoms with van der Waals surface area (Å²) in [7, 11) is -4.07. The quantitative estimate of drug-likeness (QED) is 0.213. The SMILES string of the molecule is CC(C)(C)[C@@H]1Nc2nc(cs2)CC/C=C/c2cccc(c2)-c2nc3ccccc3nc2O[C@@H]2C[C@@H](C(=O)C[C@]3(C(=O)NS(=O)(=O)C4CC4)C[C@H]3C(F)F)N(C2)C1=O. The Morgan fingerprint density at radius 1 is 1.09 bits per heavy atom. The molecule has 4 heterocycles. The number of rotatable bonds is 7. The molecule has 2 aliphatic carbocycles. The Kier molecular flexibility index (Phi) is 10.2. The van der Waals surface area contributed by atoms with Gasteiger partial charge in [-0.3, -0.25) is 19.1 Å². The summed E-state index contributed by atoms with van der Waals surface area (Å²) in [6.45, 7) is 5.61. The molecule has 4 aromatic rings. The van der Waals surface area contributed by atoms with Crippen molar-refractivity contribution in [2.45, 2.75) is 95.6 Å². The molecule has 16 heteroatoms. The van der Waals surface area contributed by atoms with Gasteiger partial charge >= 0.3 is 0 Å². The molecule has 2 aliphatic heterocycles. The van der Waals surface area contributed by atoms with Crippen molar-refractivity contribution < 1.29 is 36.3 Å². The van der Waals surface area contributed by atoms with E-state index in [1.54, 1.807) is 0 Å². The molecule has 0 unspecified atom stereocenters. The number of allylic oxidation sites excluding steroid dienone is 1. The van der Waals surface area contributed by atoms with Crippen LogP contribution in [0.15, 0.2) is 60.0 Å². The van der Waals surface area contributed by atoms with E-state index in [0.29, 0.717) is 41.1 Å². The van der Waals surface area contributed by atoms with Crippen LogP contribution in [-0.2, 0) is 30.8 Å². The zero-order valence-corrected chi connectivity index (χ0v) is 33.4. The summed E-state index contributed by atoms with van der Waals surface area (Å²) in [5.41, 5.74) is 1.59. The van der Waals surface area contributed by atoms with Crippen LogP contribution in [0.1, 0.15) is 70.6 Å². The van der Waals surface area contributed by atoms with Crippen LogP contribution in [0, 0.1) is 16.7 Å². The summed E-state index contributed by atoms with van der Waals surface area (Å²) in [6, 6.07) is 13.1. The fraction of sp³-hybridized carbons (Fsp3) is 0.463. The van der Waals surface area contributed by atoms with Crippen LogP contribution in [-0.4, -0.2) is 82.3 Å². The van der Waals surface area contributed by atoms with Crippen molar-refractivity contribution in [2.24, 2.45) is 16.7 Å². The van der Waals surface area contributed by atoms with E-state index in [1.807, 2.05) is 85.5 Å². The highest BCUT2D eigenvalue weighted by Crippen LogP contribution is 2.59. The van der Waals surface area contributed by atoms with Gasteiger partial charge in [-0.15, -0.1) is 11.3 Å². The number of alkyl halides is 2. The van der Waals surface area contributed by atoms with Gasteiger partial charge in [-0.25, -0.2) is 32.2 Å². The van der Waals surface area contributed by atoms with E-state index in [4.69, 9.17) is 19.7 Å². The third-order valence-corrected chi connectivity index (χ3v) is 13.9.